The summed E-state index contributed by atoms with van der Waals surface area (Å²) in [6.45, 7) is -0.390. The lowest BCUT2D eigenvalue weighted by Gasteiger charge is -2.16. The van der Waals surface area contributed by atoms with Gasteiger partial charge in [0.25, 0.3) is 0 Å². The largest absolute Gasteiger partial charge is 0.504 e. The van der Waals surface area contributed by atoms with Gasteiger partial charge in [-0.15, -0.1) is 0 Å². The van der Waals surface area contributed by atoms with Gasteiger partial charge in [0.15, 0.2) is 52.3 Å². The number of methoxy groups -OCH3 is 2. The Morgan fingerprint density at radius 2 is 1.36 bits per heavy atom. The maximum Gasteiger partial charge on any atom is 0.478 e. The van der Waals surface area contributed by atoms with Crippen LogP contribution in [-0.2, 0) is 27.8 Å². The Morgan fingerprint density at radius 3 is 1.78 bits per heavy atom. The highest BCUT2D eigenvalue weighted by atomic mass is 31.3. The molecule has 2 aromatic heterocycles. The minimum absolute atomic E-state index is 0.00662. The summed E-state index contributed by atoms with van der Waals surface area (Å²) in [5.41, 5.74) is 7.77. The lowest BCUT2D eigenvalue weighted by atomic mass is 10.1. The normalized spacial score (nSPS) is 18.4. The molecule has 2 aromatic carbocycles. The van der Waals surface area contributed by atoms with Crippen molar-refractivity contribution in [2.45, 2.75) is 31.0 Å². The van der Waals surface area contributed by atoms with Gasteiger partial charge in [0.2, 0.25) is 0 Å². The third-order valence-electron chi connectivity index (χ3n) is 7.07. The molecule has 11 N–H and O–H groups in total. The number of aromatic hydroxyl groups is 2. The molecule has 1 fully saturated rings. The lowest BCUT2D eigenvalue weighted by molar-refractivity contribution is -0.121. The van der Waals surface area contributed by atoms with Crippen molar-refractivity contribution in [3.8, 4) is 23.0 Å². The van der Waals surface area contributed by atoms with Crippen LogP contribution in [0.3, 0.4) is 0 Å². The summed E-state index contributed by atoms with van der Waals surface area (Å²) in [4.78, 5) is 66.8. The minimum atomic E-state index is -5.05. The van der Waals surface area contributed by atoms with Crippen LogP contribution >= 0.6 is 15.6 Å². The molecule has 55 heavy (non-hydrogen) atoms. The molecule has 0 radical (unpaired) electrons. The van der Waals surface area contributed by atoms with Crippen molar-refractivity contribution in [2.24, 2.45) is 0 Å². The number of ketones is 2. The van der Waals surface area contributed by atoms with E-state index < -0.39 is 46.8 Å². The number of hydrogen-bond donors (Lipinski definition) is 10. The van der Waals surface area contributed by atoms with Gasteiger partial charge in [-0.1, -0.05) is 24.3 Å². The molecular formula is C31H37N5O17P2. The van der Waals surface area contributed by atoms with Gasteiger partial charge in [0.1, 0.15) is 30.2 Å². The summed E-state index contributed by atoms with van der Waals surface area (Å²) in [6, 6.07) is 9.34. The van der Waals surface area contributed by atoms with E-state index in [9.17, 15) is 39.1 Å². The molecule has 1 aliphatic heterocycles. The van der Waals surface area contributed by atoms with Gasteiger partial charge in [-0.3, -0.25) is 14.2 Å². The number of phenols is 2. The first-order valence-electron chi connectivity index (χ1n) is 15.3. The number of ether oxygens (including phenoxy) is 3. The molecule has 0 spiro atoms. The molecule has 0 aliphatic carbocycles. The van der Waals surface area contributed by atoms with Gasteiger partial charge in [0, 0.05) is 0 Å². The molecule has 0 saturated carbocycles. The Labute approximate surface area is 310 Å². The number of fused-ring (bicyclic) bond motifs is 1. The van der Waals surface area contributed by atoms with Crippen LogP contribution in [0.25, 0.3) is 23.3 Å². The second kappa shape index (κ2) is 19.5. The molecule has 0 amide bonds. The van der Waals surface area contributed by atoms with Crippen molar-refractivity contribution >= 4 is 56.3 Å². The van der Waals surface area contributed by atoms with E-state index in [1.54, 1.807) is 36.4 Å². The molecule has 4 atom stereocenters. The number of imidazole rings is 1. The van der Waals surface area contributed by atoms with Gasteiger partial charge >= 0.3 is 15.6 Å². The van der Waals surface area contributed by atoms with Crippen LogP contribution in [-0.4, -0.2) is 115 Å². The van der Waals surface area contributed by atoms with E-state index >= 15 is 0 Å². The smallest absolute Gasteiger partial charge is 0.478 e. The first kappa shape index (κ1) is 44.3. The predicted octanol–water partition coefficient (Wildman–Crippen LogP) is 0.578. The van der Waals surface area contributed by atoms with E-state index in [1.165, 1.54) is 55.7 Å². The lowest BCUT2D eigenvalue weighted by Crippen LogP contribution is -2.33. The van der Waals surface area contributed by atoms with Crippen LogP contribution in [0.1, 0.15) is 23.8 Å². The van der Waals surface area contributed by atoms with Crippen molar-refractivity contribution in [2.75, 3.05) is 26.6 Å². The Balaban J connectivity index is 0.000000250. The van der Waals surface area contributed by atoms with Gasteiger partial charge < -0.3 is 65.1 Å². The Hall–Kier alpha value is -5.09. The predicted molar refractivity (Wildman–Crippen MR) is 190 cm³/mol. The number of carbonyl (C=O) groups excluding carboxylic acids is 2. The van der Waals surface area contributed by atoms with Crippen LogP contribution < -0.4 is 15.2 Å². The molecule has 4 aromatic rings. The van der Waals surface area contributed by atoms with E-state index in [0.29, 0.717) is 33.8 Å². The maximum absolute atomic E-state index is 11.9. The average Bonchev–Trinajstić information content (AvgIpc) is 3.67. The van der Waals surface area contributed by atoms with Crippen molar-refractivity contribution in [1.29, 1.82) is 0 Å². The van der Waals surface area contributed by atoms with Gasteiger partial charge in [-0.05, 0) is 47.5 Å². The van der Waals surface area contributed by atoms with Crippen LogP contribution in [0.15, 0.2) is 61.2 Å². The van der Waals surface area contributed by atoms with Crippen LogP contribution in [0.2, 0.25) is 0 Å². The molecular weight excluding hydrogens is 776 g/mol. The topological polar surface area (TPSA) is 357 Å². The number of anilines is 1. The second-order valence-electron chi connectivity index (χ2n) is 11.0. The summed E-state index contributed by atoms with van der Waals surface area (Å²) < 4.78 is 39.1. The second-order valence-corrected chi connectivity index (χ2v) is 13.6. The molecule has 5 rings (SSSR count). The van der Waals surface area contributed by atoms with E-state index in [4.69, 9.17) is 44.6 Å². The monoisotopic (exact) mass is 813 g/mol. The molecule has 24 heteroatoms. The number of hydrogen-bond acceptors (Lipinski definition) is 17. The number of nitrogen functional groups attached to an aromatic ring is 1. The average molecular weight is 814 g/mol. The highest BCUT2D eigenvalue weighted by Gasteiger charge is 2.44. The quantitative estimate of drug-likeness (QED) is 0.0531. The fourth-order valence-corrected chi connectivity index (χ4v) is 5.68. The number of nitrogens with two attached hydrogens (primary N) is 1. The first-order chi connectivity index (χ1) is 25.8. The number of aliphatic hydroxyl groups excluding tert-OH is 3. The number of nitrogens with zero attached hydrogens (tertiary/aromatic N) is 4. The van der Waals surface area contributed by atoms with Crippen LogP contribution in [0, 0.1) is 0 Å². The Bertz CT molecular complexity index is 2020. The first-order valence-corrected chi connectivity index (χ1v) is 18.4. The molecule has 1 aliphatic rings. The number of phenolic OH excluding ortho intramolecular Hbond substituents is 2. The van der Waals surface area contributed by atoms with E-state index in [2.05, 4.69) is 19.3 Å². The fraction of sp³-hybridized carbons (Fsp3) is 0.258. The highest BCUT2D eigenvalue weighted by molar-refractivity contribution is 7.60. The zero-order valence-corrected chi connectivity index (χ0v) is 30.5. The van der Waals surface area contributed by atoms with Crippen LogP contribution in [0.4, 0.5) is 5.82 Å². The maximum atomic E-state index is 11.9. The van der Waals surface area contributed by atoms with Crippen molar-refractivity contribution in [1.82, 2.24) is 19.5 Å². The number of aromatic nitrogens is 4. The van der Waals surface area contributed by atoms with Crippen molar-refractivity contribution < 1.29 is 82.3 Å². The summed E-state index contributed by atoms with van der Waals surface area (Å²) >= 11 is 0. The number of carbonyl (C=O) groups is 2. The fourth-order valence-electron chi connectivity index (χ4n) is 4.57. The third-order valence-corrected chi connectivity index (χ3v) is 8.77. The zero-order valence-electron chi connectivity index (χ0n) is 28.7. The van der Waals surface area contributed by atoms with E-state index in [-0.39, 0.29) is 35.3 Å². The molecule has 22 nitrogen and oxygen atoms in total. The summed E-state index contributed by atoms with van der Waals surface area (Å²) in [5, 5.41) is 47.8. The Morgan fingerprint density at radius 1 is 0.855 bits per heavy atom. The summed E-state index contributed by atoms with van der Waals surface area (Å²) in [7, 11) is -7.23. The zero-order chi connectivity index (χ0) is 41.1. The third kappa shape index (κ3) is 13.3. The number of aliphatic hydroxyl groups is 3. The molecule has 1 saturated heterocycles. The van der Waals surface area contributed by atoms with Gasteiger partial charge in [0.05, 0.1) is 33.6 Å². The number of phosphoric acid groups is 2. The van der Waals surface area contributed by atoms with Gasteiger partial charge in [-0.2, -0.15) is 4.31 Å². The summed E-state index contributed by atoms with van der Waals surface area (Å²) in [6.07, 6.45) is 4.02. The number of benzene rings is 2. The molecule has 298 valence electrons. The number of allylic oxidation sites excluding steroid dienone is 2. The number of rotatable bonds is 12. The molecule has 0 bridgehead atoms. The Kier molecular flexibility index (Phi) is 15.7. The van der Waals surface area contributed by atoms with Crippen LogP contribution in [0.5, 0.6) is 23.0 Å². The standard InChI is InChI=1S/C21H20O6.C10H13N5O4.H4O7P2/c1-26-20-11-14(5-9-18(20)24)3-7-16(22)13-17(23)8-4-15-6-10-19(25)21(12-15)27-2;11-8-5-9(13-2-12-8)15(3-14-5)10-7(18)6(17)4(1-16)19-10;1-8(2,3)7-9(4,5)6/h3-12,24-25H,13H2,1-2H3;2-4,6-7,10,16-18H,1H2,(H2,11,12,13);(H2,1,2,3)(H2,4,5,6)/b7-3+,8-4+;;/t;4-,6-,7-,10-;/m.1./s1. The SMILES string of the molecule is COc1cc(/C=C/C(=O)CC(=O)/C=C/c2ccc(O)c(OC)c2)ccc1O.Nc1ncnc2c1ncn2[C@@H]1O[C@H](CO)[C@@H](O)[C@H]1O.O=P(O)(O)OP(=O)(O)O. The van der Waals surface area contributed by atoms with Crippen molar-refractivity contribution in [3.63, 3.8) is 0 Å². The summed E-state index contributed by atoms with van der Waals surface area (Å²) in [5.74, 6) is 0.135. The highest BCUT2D eigenvalue weighted by Crippen LogP contribution is 2.53. The van der Waals surface area contributed by atoms with E-state index in [0.717, 1.165) is 0 Å². The van der Waals surface area contributed by atoms with E-state index in [1.807, 2.05) is 0 Å². The minimum Gasteiger partial charge on any atom is -0.504 e. The van der Waals surface area contributed by atoms with Gasteiger partial charge in [-0.25, -0.2) is 24.1 Å². The molecule has 3 heterocycles. The molecule has 0 unspecified atom stereocenters. The van der Waals surface area contributed by atoms with Crippen molar-refractivity contribution in [3.05, 3.63) is 72.3 Å².